The smallest absolute Gasteiger partial charge is 0.197 e. The Morgan fingerprint density at radius 1 is 0.970 bits per heavy atom. The van der Waals surface area contributed by atoms with Crippen LogP contribution in [0, 0.1) is 0 Å². The van der Waals surface area contributed by atoms with Crippen molar-refractivity contribution in [3.8, 4) is 11.4 Å². The van der Waals surface area contributed by atoms with Crippen LogP contribution in [-0.4, -0.2) is 19.6 Å². The molecule has 4 nitrogen and oxygen atoms in total. The molecule has 166 valence electrons. The van der Waals surface area contributed by atoms with Crippen molar-refractivity contribution in [1.29, 1.82) is 0 Å². The van der Waals surface area contributed by atoms with E-state index >= 15 is 0 Å². The van der Waals surface area contributed by atoms with Gasteiger partial charge in [0.2, 0.25) is 0 Å². The van der Waals surface area contributed by atoms with Crippen molar-refractivity contribution in [2.45, 2.75) is 36.6 Å². The standard InChI is InChI=1S/C24H17Cl3N4S2/c25-14-10-9-13(18(27)11-14)12-32-24-30-29-22-20-16-6-2-4-8-19(16)33-23(20)28-21(31(22)24)15-5-1-3-7-17(15)26/h1,3,5,7,9-11H,2,4,6,8,12H2. The van der Waals surface area contributed by atoms with Crippen molar-refractivity contribution in [3.05, 3.63) is 73.5 Å². The van der Waals surface area contributed by atoms with E-state index in [1.807, 2.05) is 36.4 Å². The van der Waals surface area contributed by atoms with Gasteiger partial charge in [0.1, 0.15) is 4.83 Å². The summed E-state index contributed by atoms with van der Waals surface area (Å²) in [5.74, 6) is 1.40. The van der Waals surface area contributed by atoms with Crippen molar-refractivity contribution in [2.75, 3.05) is 0 Å². The number of aryl methyl sites for hydroxylation is 2. The second-order valence-corrected chi connectivity index (χ2v) is 11.2. The van der Waals surface area contributed by atoms with Crippen LogP contribution in [-0.2, 0) is 18.6 Å². The molecule has 0 saturated heterocycles. The molecular formula is C24H17Cl3N4S2. The Morgan fingerprint density at radius 2 is 1.82 bits per heavy atom. The Kier molecular flexibility index (Phi) is 5.75. The average Bonchev–Trinajstić information content (AvgIpc) is 3.39. The molecule has 0 bridgehead atoms. The summed E-state index contributed by atoms with van der Waals surface area (Å²) in [6, 6.07) is 13.3. The van der Waals surface area contributed by atoms with Crippen LogP contribution in [0.2, 0.25) is 15.1 Å². The number of rotatable bonds is 4. The van der Waals surface area contributed by atoms with Crippen molar-refractivity contribution in [2.24, 2.45) is 0 Å². The van der Waals surface area contributed by atoms with Crippen LogP contribution in [0.1, 0.15) is 28.8 Å². The van der Waals surface area contributed by atoms with E-state index in [2.05, 4.69) is 14.6 Å². The summed E-state index contributed by atoms with van der Waals surface area (Å²) < 4.78 is 2.06. The first-order valence-corrected chi connectivity index (χ1v) is 13.5. The van der Waals surface area contributed by atoms with Gasteiger partial charge in [-0.05, 0) is 61.1 Å². The van der Waals surface area contributed by atoms with Gasteiger partial charge >= 0.3 is 0 Å². The van der Waals surface area contributed by atoms with Gasteiger partial charge in [0.25, 0.3) is 0 Å². The summed E-state index contributed by atoms with van der Waals surface area (Å²) in [5, 5.41) is 13.0. The van der Waals surface area contributed by atoms with Gasteiger partial charge in [-0.15, -0.1) is 21.5 Å². The lowest BCUT2D eigenvalue weighted by atomic mass is 9.97. The summed E-state index contributed by atoms with van der Waals surface area (Å²) in [5.41, 5.74) is 4.08. The summed E-state index contributed by atoms with van der Waals surface area (Å²) in [6.45, 7) is 0. The van der Waals surface area contributed by atoms with Crippen LogP contribution in [0.5, 0.6) is 0 Å². The quantitative estimate of drug-likeness (QED) is 0.220. The Balaban J connectivity index is 1.55. The highest BCUT2D eigenvalue weighted by atomic mass is 35.5. The van der Waals surface area contributed by atoms with Crippen LogP contribution in [0.3, 0.4) is 0 Å². The third kappa shape index (κ3) is 3.82. The molecular weight excluding hydrogens is 515 g/mol. The number of nitrogens with zero attached hydrogens (tertiary/aromatic N) is 4. The molecule has 1 aliphatic carbocycles. The van der Waals surface area contributed by atoms with E-state index in [0.717, 1.165) is 50.8 Å². The van der Waals surface area contributed by atoms with Crippen molar-refractivity contribution < 1.29 is 0 Å². The minimum absolute atomic E-state index is 0.622. The van der Waals surface area contributed by atoms with Crippen molar-refractivity contribution >= 4 is 73.8 Å². The first-order chi connectivity index (χ1) is 16.1. The molecule has 33 heavy (non-hydrogen) atoms. The maximum Gasteiger partial charge on any atom is 0.197 e. The van der Waals surface area contributed by atoms with E-state index in [9.17, 15) is 0 Å². The minimum Gasteiger partial charge on any atom is -0.253 e. The number of aromatic nitrogens is 4. The molecule has 0 amide bonds. The molecule has 0 fully saturated rings. The van der Waals surface area contributed by atoms with E-state index < -0.39 is 0 Å². The molecule has 6 rings (SSSR count). The van der Waals surface area contributed by atoms with E-state index in [0.29, 0.717) is 20.8 Å². The number of hydrogen-bond acceptors (Lipinski definition) is 5. The molecule has 0 spiro atoms. The average molecular weight is 532 g/mol. The highest BCUT2D eigenvalue weighted by molar-refractivity contribution is 7.98. The third-order valence-corrected chi connectivity index (χ3v) is 9.00. The summed E-state index contributed by atoms with van der Waals surface area (Å²) in [4.78, 5) is 7.55. The van der Waals surface area contributed by atoms with Gasteiger partial charge in [-0.3, -0.25) is 4.40 Å². The third-order valence-electron chi connectivity index (χ3n) is 5.92. The van der Waals surface area contributed by atoms with E-state index in [-0.39, 0.29) is 0 Å². The van der Waals surface area contributed by atoms with Crippen molar-refractivity contribution in [1.82, 2.24) is 19.6 Å². The molecule has 0 saturated carbocycles. The fourth-order valence-electron chi connectivity index (χ4n) is 4.33. The zero-order valence-electron chi connectivity index (χ0n) is 17.3. The van der Waals surface area contributed by atoms with Crippen molar-refractivity contribution in [3.63, 3.8) is 0 Å². The Bertz CT molecular complexity index is 1530. The van der Waals surface area contributed by atoms with Gasteiger partial charge in [-0.25, -0.2) is 4.98 Å². The number of halogens is 3. The first-order valence-electron chi connectivity index (χ1n) is 10.6. The fourth-order valence-corrected chi connectivity index (χ4v) is 7.30. The van der Waals surface area contributed by atoms with Gasteiger partial charge < -0.3 is 0 Å². The normalized spacial score (nSPS) is 13.7. The second kappa shape index (κ2) is 8.75. The van der Waals surface area contributed by atoms with Crippen LogP contribution in [0.25, 0.3) is 27.3 Å². The Morgan fingerprint density at radius 3 is 2.67 bits per heavy atom. The van der Waals surface area contributed by atoms with Crippen LogP contribution in [0.4, 0.5) is 0 Å². The zero-order chi connectivity index (χ0) is 22.5. The maximum absolute atomic E-state index is 6.61. The molecule has 5 aromatic rings. The monoisotopic (exact) mass is 530 g/mol. The molecule has 3 aromatic heterocycles. The number of fused-ring (bicyclic) bond motifs is 5. The summed E-state index contributed by atoms with van der Waals surface area (Å²) in [6.07, 6.45) is 4.59. The number of thiophene rings is 1. The number of benzene rings is 2. The van der Waals surface area contributed by atoms with Crippen LogP contribution < -0.4 is 0 Å². The predicted octanol–water partition coefficient (Wildman–Crippen LogP) is 8.14. The summed E-state index contributed by atoms with van der Waals surface area (Å²) in [7, 11) is 0. The van der Waals surface area contributed by atoms with E-state index in [1.165, 1.54) is 23.3 Å². The van der Waals surface area contributed by atoms with Crippen LogP contribution >= 0.6 is 57.9 Å². The molecule has 2 aromatic carbocycles. The fraction of sp³-hybridized carbons (Fsp3) is 0.208. The topological polar surface area (TPSA) is 43.1 Å². The molecule has 0 radical (unpaired) electrons. The number of hydrogen-bond donors (Lipinski definition) is 0. The molecule has 9 heteroatoms. The number of thioether (sulfide) groups is 1. The van der Waals surface area contributed by atoms with Gasteiger partial charge in [0.15, 0.2) is 16.6 Å². The van der Waals surface area contributed by atoms with Gasteiger partial charge in [0, 0.05) is 26.2 Å². The maximum atomic E-state index is 6.61. The lowest BCUT2D eigenvalue weighted by Crippen LogP contribution is -2.01. The SMILES string of the molecule is Clc1ccc(CSc2nnc3c4c5c(sc4nc(-c4ccccc4Cl)n23)CCCC5)c(Cl)c1. The second-order valence-electron chi connectivity index (χ2n) is 7.97. The van der Waals surface area contributed by atoms with Gasteiger partial charge in [0.05, 0.1) is 10.4 Å². The van der Waals surface area contributed by atoms with Gasteiger partial charge in [-0.1, -0.05) is 64.8 Å². The summed E-state index contributed by atoms with van der Waals surface area (Å²) >= 11 is 22.4. The lowest BCUT2D eigenvalue weighted by Gasteiger charge is -2.12. The van der Waals surface area contributed by atoms with Crippen LogP contribution in [0.15, 0.2) is 47.6 Å². The Labute approximate surface area is 213 Å². The predicted molar refractivity (Wildman–Crippen MR) is 139 cm³/mol. The minimum atomic E-state index is 0.622. The Hall–Kier alpha value is -1.83. The highest BCUT2D eigenvalue weighted by Crippen LogP contribution is 2.41. The molecule has 1 aliphatic rings. The van der Waals surface area contributed by atoms with E-state index in [1.54, 1.807) is 29.2 Å². The molecule has 0 aliphatic heterocycles. The molecule has 0 atom stereocenters. The van der Waals surface area contributed by atoms with Gasteiger partial charge in [-0.2, -0.15) is 0 Å². The zero-order valence-corrected chi connectivity index (χ0v) is 21.2. The lowest BCUT2D eigenvalue weighted by molar-refractivity contribution is 0.700. The van der Waals surface area contributed by atoms with E-state index in [4.69, 9.17) is 39.8 Å². The molecule has 0 unspecified atom stereocenters. The largest absolute Gasteiger partial charge is 0.253 e. The molecule has 3 heterocycles. The molecule has 0 N–H and O–H groups in total. The first kappa shape index (κ1) is 21.7. The highest BCUT2D eigenvalue weighted by Gasteiger charge is 2.25.